The summed E-state index contributed by atoms with van der Waals surface area (Å²) in [5, 5.41) is 6.88. The van der Waals surface area contributed by atoms with Crippen LogP contribution in [0.3, 0.4) is 0 Å². The second-order valence-corrected chi connectivity index (χ2v) is 4.50. The number of nitrogens with two attached hydrogens (primary N) is 1. The smallest absolute Gasteiger partial charge is 0.224 e. The molecule has 2 rings (SSSR count). The number of aromatic nitrogens is 2. The first-order valence-corrected chi connectivity index (χ1v) is 5.65. The highest BCUT2D eigenvalue weighted by atomic mass is 16.1. The van der Waals surface area contributed by atoms with Gasteiger partial charge in [0.15, 0.2) is 0 Å². The molecule has 1 heterocycles. The maximum atomic E-state index is 11.6. The van der Waals surface area contributed by atoms with Gasteiger partial charge in [-0.25, -0.2) is 0 Å². The van der Waals surface area contributed by atoms with E-state index >= 15 is 0 Å². The molecular weight excluding hydrogens is 204 g/mol. The van der Waals surface area contributed by atoms with E-state index in [4.69, 9.17) is 5.73 Å². The maximum Gasteiger partial charge on any atom is 0.224 e. The summed E-state index contributed by atoms with van der Waals surface area (Å²) >= 11 is 0. The van der Waals surface area contributed by atoms with E-state index in [-0.39, 0.29) is 11.9 Å². The minimum absolute atomic E-state index is 0.0177. The molecule has 0 spiro atoms. The van der Waals surface area contributed by atoms with Gasteiger partial charge in [0.05, 0.1) is 12.6 Å². The number of hydrogen-bond acceptors (Lipinski definition) is 3. The van der Waals surface area contributed by atoms with Crippen molar-refractivity contribution < 1.29 is 4.79 Å². The number of carbonyl (C=O) groups is 1. The molecule has 1 aliphatic carbocycles. The maximum absolute atomic E-state index is 11.6. The van der Waals surface area contributed by atoms with Crippen LogP contribution in [-0.4, -0.2) is 28.3 Å². The number of rotatable bonds is 5. The summed E-state index contributed by atoms with van der Waals surface area (Å²) in [5.41, 5.74) is 6.82. The number of aryl methyl sites for hydroxylation is 1. The Morgan fingerprint density at radius 2 is 2.50 bits per heavy atom. The predicted octanol–water partition coefficient (Wildman–Crippen LogP) is -0.184. The lowest BCUT2D eigenvalue weighted by molar-refractivity contribution is -0.120. The van der Waals surface area contributed by atoms with Crippen molar-refractivity contribution in [3.05, 3.63) is 18.0 Å². The first-order valence-electron chi connectivity index (χ1n) is 5.65. The van der Waals surface area contributed by atoms with Crippen LogP contribution < -0.4 is 11.1 Å². The third-order valence-electron chi connectivity index (χ3n) is 2.89. The van der Waals surface area contributed by atoms with Crippen LogP contribution in [0.1, 0.15) is 18.4 Å². The molecule has 1 aromatic heterocycles. The van der Waals surface area contributed by atoms with Crippen LogP contribution in [0.4, 0.5) is 0 Å². The van der Waals surface area contributed by atoms with Gasteiger partial charge >= 0.3 is 0 Å². The summed E-state index contributed by atoms with van der Waals surface area (Å²) in [6, 6.07) is 0.123. The number of hydrogen-bond donors (Lipinski definition) is 2. The molecule has 1 aliphatic rings. The molecular formula is C11H18N4O. The first-order chi connectivity index (χ1) is 7.65. The largest absolute Gasteiger partial charge is 0.354 e. The lowest BCUT2D eigenvalue weighted by Crippen LogP contribution is -2.39. The molecule has 0 radical (unpaired) electrons. The number of amides is 1. The lowest BCUT2D eigenvalue weighted by atomic mass is 10.2. The Kier molecular flexibility index (Phi) is 3.24. The zero-order valence-corrected chi connectivity index (χ0v) is 9.52. The van der Waals surface area contributed by atoms with Crippen LogP contribution in [0.5, 0.6) is 0 Å². The van der Waals surface area contributed by atoms with E-state index in [9.17, 15) is 4.79 Å². The van der Waals surface area contributed by atoms with Crippen LogP contribution in [0.25, 0.3) is 0 Å². The minimum Gasteiger partial charge on any atom is -0.354 e. The molecule has 88 valence electrons. The molecule has 0 bridgehead atoms. The summed E-state index contributed by atoms with van der Waals surface area (Å²) in [6.07, 6.45) is 6.35. The van der Waals surface area contributed by atoms with Crippen molar-refractivity contribution in [1.82, 2.24) is 15.1 Å². The molecule has 3 N–H and O–H groups in total. The lowest BCUT2D eigenvalue weighted by Gasteiger charge is -2.10. The SMILES string of the molecule is Cn1cc(CC(=O)NCC(N)C2CC2)cn1. The molecule has 1 saturated carbocycles. The van der Waals surface area contributed by atoms with Crippen LogP contribution in [0.2, 0.25) is 0 Å². The Morgan fingerprint density at radius 3 is 3.06 bits per heavy atom. The topological polar surface area (TPSA) is 72.9 Å². The van der Waals surface area contributed by atoms with E-state index in [1.807, 2.05) is 13.2 Å². The Balaban J connectivity index is 1.71. The van der Waals surface area contributed by atoms with Gasteiger partial charge in [0.25, 0.3) is 0 Å². The van der Waals surface area contributed by atoms with E-state index in [0.717, 1.165) is 5.56 Å². The van der Waals surface area contributed by atoms with Gasteiger partial charge in [0.1, 0.15) is 0 Å². The summed E-state index contributed by atoms with van der Waals surface area (Å²) in [5.74, 6) is 0.641. The van der Waals surface area contributed by atoms with Gasteiger partial charge < -0.3 is 11.1 Å². The molecule has 16 heavy (non-hydrogen) atoms. The van der Waals surface area contributed by atoms with Crippen LogP contribution in [0, 0.1) is 5.92 Å². The zero-order chi connectivity index (χ0) is 11.5. The quantitative estimate of drug-likeness (QED) is 0.725. The predicted molar refractivity (Wildman–Crippen MR) is 60.6 cm³/mol. The highest BCUT2D eigenvalue weighted by molar-refractivity contribution is 5.78. The first kappa shape index (κ1) is 11.1. The average Bonchev–Trinajstić information content (AvgIpc) is 3.01. The summed E-state index contributed by atoms with van der Waals surface area (Å²) in [4.78, 5) is 11.6. The van der Waals surface area contributed by atoms with Gasteiger partial charge in [-0.3, -0.25) is 9.48 Å². The summed E-state index contributed by atoms with van der Waals surface area (Å²) < 4.78 is 1.69. The van der Waals surface area contributed by atoms with E-state index in [2.05, 4.69) is 10.4 Å². The van der Waals surface area contributed by atoms with Crippen molar-refractivity contribution in [3.63, 3.8) is 0 Å². The summed E-state index contributed by atoms with van der Waals surface area (Å²) in [6.45, 7) is 0.587. The molecule has 1 fully saturated rings. The van der Waals surface area contributed by atoms with Crippen LogP contribution in [0.15, 0.2) is 12.4 Å². The van der Waals surface area contributed by atoms with Gasteiger partial charge in [-0.2, -0.15) is 5.10 Å². The molecule has 1 atom stereocenters. The third-order valence-corrected chi connectivity index (χ3v) is 2.89. The molecule has 0 aliphatic heterocycles. The standard InChI is InChI=1S/C11H18N4O/c1-15-7-8(5-14-15)4-11(16)13-6-10(12)9-2-3-9/h5,7,9-10H,2-4,6,12H2,1H3,(H,13,16). The highest BCUT2D eigenvalue weighted by Gasteiger charge is 2.28. The van der Waals surface area contributed by atoms with Gasteiger partial charge in [-0.05, 0) is 24.3 Å². The fourth-order valence-electron chi connectivity index (χ4n) is 1.73. The minimum atomic E-state index is 0.0177. The van der Waals surface area contributed by atoms with Gasteiger partial charge in [0, 0.05) is 25.8 Å². The fourth-order valence-corrected chi connectivity index (χ4v) is 1.73. The van der Waals surface area contributed by atoms with Crippen molar-refractivity contribution in [3.8, 4) is 0 Å². The summed E-state index contributed by atoms with van der Waals surface area (Å²) in [7, 11) is 1.84. The Bertz CT molecular complexity index is 370. The molecule has 5 heteroatoms. The normalized spacial score (nSPS) is 17.1. The number of nitrogens with zero attached hydrogens (tertiary/aromatic N) is 2. The third kappa shape index (κ3) is 3.06. The van der Waals surface area contributed by atoms with Gasteiger partial charge in [-0.1, -0.05) is 0 Å². The van der Waals surface area contributed by atoms with E-state index in [0.29, 0.717) is 18.9 Å². The molecule has 1 unspecified atom stereocenters. The van der Waals surface area contributed by atoms with Crippen LogP contribution in [-0.2, 0) is 18.3 Å². The van der Waals surface area contributed by atoms with E-state index in [1.54, 1.807) is 10.9 Å². The Hall–Kier alpha value is -1.36. The molecule has 1 amide bonds. The second-order valence-electron chi connectivity index (χ2n) is 4.50. The Labute approximate surface area is 95.0 Å². The number of carbonyl (C=O) groups excluding carboxylic acids is 1. The molecule has 5 nitrogen and oxygen atoms in total. The fraction of sp³-hybridized carbons (Fsp3) is 0.636. The molecule has 1 aromatic rings. The average molecular weight is 222 g/mol. The number of nitrogens with one attached hydrogen (secondary N) is 1. The molecule has 0 saturated heterocycles. The zero-order valence-electron chi connectivity index (χ0n) is 9.52. The molecule has 0 aromatic carbocycles. The van der Waals surface area contributed by atoms with Crippen molar-refractivity contribution in [2.45, 2.75) is 25.3 Å². The van der Waals surface area contributed by atoms with E-state index in [1.165, 1.54) is 12.8 Å². The van der Waals surface area contributed by atoms with Crippen molar-refractivity contribution in [2.24, 2.45) is 18.7 Å². The van der Waals surface area contributed by atoms with Crippen molar-refractivity contribution in [1.29, 1.82) is 0 Å². The monoisotopic (exact) mass is 222 g/mol. The van der Waals surface area contributed by atoms with Crippen LogP contribution >= 0.6 is 0 Å². The highest BCUT2D eigenvalue weighted by Crippen LogP contribution is 2.31. The second kappa shape index (κ2) is 4.65. The van der Waals surface area contributed by atoms with Crippen molar-refractivity contribution in [2.75, 3.05) is 6.54 Å². The van der Waals surface area contributed by atoms with E-state index < -0.39 is 0 Å². The van der Waals surface area contributed by atoms with Gasteiger partial charge in [-0.15, -0.1) is 0 Å². The van der Waals surface area contributed by atoms with Gasteiger partial charge in [0.2, 0.25) is 5.91 Å². The van der Waals surface area contributed by atoms with Crippen molar-refractivity contribution >= 4 is 5.91 Å². The Morgan fingerprint density at radius 1 is 1.75 bits per heavy atom.